The molecule has 2 heteroatoms. The fourth-order valence-corrected chi connectivity index (χ4v) is 1.87. The Hall–Kier alpha value is -1.54. The lowest BCUT2D eigenvalue weighted by molar-refractivity contribution is 0.721. The maximum absolute atomic E-state index is 3.34. The van der Waals surface area contributed by atoms with Crippen LogP contribution in [0.15, 0.2) is 42.7 Å². The molecule has 0 unspecified atom stereocenters. The summed E-state index contributed by atoms with van der Waals surface area (Å²) in [5.41, 5.74) is 4.01. The fraction of sp³-hybridized carbons (Fsp3) is 0.333. The molecule has 0 amide bonds. The van der Waals surface area contributed by atoms with Crippen molar-refractivity contribution in [3.05, 3.63) is 59.4 Å². The van der Waals surface area contributed by atoms with E-state index >= 15 is 0 Å². The van der Waals surface area contributed by atoms with Gasteiger partial charge in [-0.05, 0) is 30.7 Å². The van der Waals surface area contributed by atoms with Crippen LogP contribution in [0.4, 0.5) is 0 Å². The van der Waals surface area contributed by atoms with E-state index in [0.717, 1.165) is 19.6 Å². The van der Waals surface area contributed by atoms with E-state index in [1.54, 1.807) is 0 Å². The first-order valence-corrected chi connectivity index (χ1v) is 6.19. The third-order valence-electron chi connectivity index (χ3n) is 2.88. The SMILES string of the molecule is CCNCc1ccn(Cc2ccc(C)cc2)c1. The molecule has 0 spiro atoms. The van der Waals surface area contributed by atoms with Crippen LogP contribution in [0.25, 0.3) is 0 Å². The lowest BCUT2D eigenvalue weighted by Gasteiger charge is -2.03. The van der Waals surface area contributed by atoms with Gasteiger partial charge in [0.15, 0.2) is 0 Å². The predicted octanol–water partition coefficient (Wildman–Crippen LogP) is 2.95. The molecule has 0 aliphatic carbocycles. The Morgan fingerprint density at radius 3 is 2.53 bits per heavy atom. The number of hydrogen-bond acceptors (Lipinski definition) is 1. The van der Waals surface area contributed by atoms with E-state index in [1.165, 1.54) is 16.7 Å². The van der Waals surface area contributed by atoms with Gasteiger partial charge in [-0.3, -0.25) is 0 Å². The van der Waals surface area contributed by atoms with Crippen LogP contribution in [0, 0.1) is 6.92 Å². The Kier molecular flexibility index (Phi) is 3.99. The molecular weight excluding hydrogens is 208 g/mol. The van der Waals surface area contributed by atoms with Crippen LogP contribution in [0.1, 0.15) is 23.6 Å². The van der Waals surface area contributed by atoms with Gasteiger partial charge in [0.1, 0.15) is 0 Å². The average molecular weight is 228 g/mol. The zero-order valence-electron chi connectivity index (χ0n) is 10.6. The Labute approximate surface area is 103 Å². The summed E-state index contributed by atoms with van der Waals surface area (Å²) in [6, 6.07) is 10.9. The van der Waals surface area contributed by atoms with Crippen LogP contribution in [0.2, 0.25) is 0 Å². The van der Waals surface area contributed by atoms with E-state index in [2.05, 4.69) is 66.5 Å². The number of aromatic nitrogens is 1. The molecule has 1 aromatic carbocycles. The molecule has 0 aliphatic heterocycles. The second-order valence-electron chi connectivity index (χ2n) is 4.46. The van der Waals surface area contributed by atoms with Crippen LogP contribution in [0.5, 0.6) is 0 Å². The predicted molar refractivity (Wildman–Crippen MR) is 72.1 cm³/mol. The van der Waals surface area contributed by atoms with Crippen molar-refractivity contribution in [1.82, 2.24) is 9.88 Å². The van der Waals surface area contributed by atoms with Crippen LogP contribution >= 0.6 is 0 Å². The lowest BCUT2D eigenvalue weighted by atomic mass is 10.1. The van der Waals surface area contributed by atoms with Gasteiger partial charge in [-0.25, -0.2) is 0 Å². The summed E-state index contributed by atoms with van der Waals surface area (Å²) in [4.78, 5) is 0. The third kappa shape index (κ3) is 3.46. The van der Waals surface area contributed by atoms with Gasteiger partial charge in [-0.15, -0.1) is 0 Å². The summed E-state index contributed by atoms with van der Waals surface area (Å²) in [5, 5.41) is 3.34. The second-order valence-corrected chi connectivity index (χ2v) is 4.46. The van der Waals surface area contributed by atoms with Gasteiger partial charge in [0.25, 0.3) is 0 Å². The molecule has 0 aliphatic rings. The van der Waals surface area contributed by atoms with Crippen molar-refractivity contribution in [3.8, 4) is 0 Å². The molecule has 0 fully saturated rings. The van der Waals surface area contributed by atoms with Gasteiger partial charge in [0, 0.05) is 25.5 Å². The van der Waals surface area contributed by atoms with Crippen LogP contribution in [-0.2, 0) is 13.1 Å². The van der Waals surface area contributed by atoms with E-state index in [4.69, 9.17) is 0 Å². The molecule has 0 bridgehead atoms. The Bertz CT molecular complexity index is 454. The number of rotatable bonds is 5. The standard InChI is InChI=1S/C15H20N2/c1-3-16-10-15-8-9-17(12-15)11-14-6-4-13(2)5-7-14/h4-9,12,16H,3,10-11H2,1-2H3. The molecule has 2 rings (SSSR count). The van der Waals surface area contributed by atoms with Gasteiger partial charge in [0.2, 0.25) is 0 Å². The summed E-state index contributed by atoms with van der Waals surface area (Å²) >= 11 is 0. The van der Waals surface area contributed by atoms with Gasteiger partial charge < -0.3 is 9.88 Å². The Morgan fingerprint density at radius 1 is 1.06 bits per heavy atom. The number of nitrogens with one attached hydrogen (secondary N) is 1. The number of hydrogen-bond donors (Lipinski definition) is 1. The molecule has 0 saturated carbocycles. The minimum absolute atomic E-state index is 0.951. The third-order valence-corrected chi connectivity index (χ3v) is 2.88. The van der Waals surface area contributed by atoms with Crippen LogP contribution in [-0.4, -0.2) is 11.1 Å². The Morgan fingerprint density at radius 2 is 1.82 bits per heavy atom. The van der Waals surface area contributed by atoms with E-state index in [9.17, 15) is 0 Å². The molecule has 2 aromatic rings. The molecule has 0 saturated heterocycles. The first-order chi connectivity index (χ1) is 8.28. The number of aryl methyl sites for hydroxylation is 1. The molecule has 90 valence electrons. The van der Waals surface area contributed by atoms with Gasteiger partial charge >= 0.3 is 0 Å². The van der Waals surface area contributed by atoms with Crippen LogP contribution in [0.3, 0.4) is 0 Å². The van der Waals surface area contributed by atoms with Gasteiger partial charge in [-0.1, -0.05) is 36.8 Å². The molecular formula is C15H20N2. The van der Waals surface area contributed by atoms with E-state index in [1.807, 2.05) is 0 Å². The van der Waals surface area contributed by atoms with Crippen molar-refractivity contribution in [2.24, 2.45) is 0 Å². The van der Waals surface area contributed by atoms with Crippen molar-refractivity contribution < 1.29 is 0 Å². The van der Waals surface area contributed by atoms with Crippen molar-refractivity contribution in [3.63, 3.8) is 0 Å². The van der Waals surface area contributed by atoms with Crippen LogP contribution < -0.4 is 5.32 Å². The summed E-state index contributed by atoms with van der Waals surface area (Å²) in [5.74, 6) is 0. The fourth-order valence-electron chi connectivity index (χ4n) is 1.87. The first-order valence-electron chi connectivity index (χ1n) is 6.19. The Balaban J connectivity index is 1.98. The lowest BCUT2D eigenvalue weighted by Crippen LogP contribution is -2.11. The second kappa shape index (κ2) is 5.69. The molecule has 1 N–H and O–H groups in total. The quantitative estimate of drug-likeness (QED) is 0.832. The minimum Gasteiger partial charge on any atom is -0.350 e. The average Bonchev–Trinajstić information content (AvgIpc) is 2.77. The smallest absolute Gasteiger partial charge is 0.0470 e. The largest absolute Gasteiger partial charge is 0.350 e. The first kappa shape index (κ1) is 11.9. The van der Waals surface area contributed by atoms with Gasteiger partial charge in [0.05, 0.1) is 0 Å². The molecule has 2 nitrogen and oxygen atoms in total. The van der Waals surface area contributed by atoms with Crippen molar-refractivity contribution in [1.29, 1.82) is 0 Å². The molecule has 1 aromatic heterocycles. The molecule has 1 heterocycles. The van der Waals surface area contributed by atoms with Crippen molar-refractivity contribution in [2.75, 3.05) is 6.54 Å². The molecule has 0 atom stereocenters. The van der Waals surface area contributed by atoms with Crippen molar-refractivity contribution in [2.45, 2.75) is 26.9 Å². The van der Waals surface area contributed by atoms with E-state index in [0.29, 0.717) is 0 Å². The summed E-state index contributed by atoms with van der Waals surface area (Å²) in [7, 11) is 0. The van der Waals surface area contributed by atoms with E-state index < -0.39 is 0 Å². The highest BCUT2D eigenvalue weighted by Crippen LogP contribution is 2.08. The topological polar surface area (TPSA) is 17.0 Å². The molecule has 17 heavy (non-hydrogen) atoms. The highest BCUT2D eigenvalue weighted by atomic mass is 14.9. The maximum Gasteiger partial charge on any atom is 0.0470 e. The van der Waals surface area contributed by atoms with Crippen molar-refractivity contribution >= 4 is 0 Å². The van der Waals surface area contributed by atoms with Gasteiger partial charge in [-0.2, -0.15) is 0 Å². The molecule has 0 radical (unpaired) electrons. The zero-order valence-corrected chi connectivity index (χ0v) is 10.6. The monoisotopic (exact) mass is 228 g/mol. The minimum atomic E-state index is 0.951. The summed E-state index contributed by atoms with van der Waals surface area (Å²) in [6.07, 6.45) is 4.36. The number of nitrogens with zero attached hydrogens (tertiary/aromatic N) is 1. The highest BCUT2D eigenvalue weighted by molar-refractivity contribution is 5.22. The normalized spacial score (nSPS) is 10.7. The number of benzene rings is 1. The summed E-state index contributed by atoms with van der Waals surface area (Å²) < 4.78 is 2.23. The van der Waals surface area contributed by atoms with E-state index in [-0.39, 0.29) is 0 Å². The zero-order chi connectivity index (χ0) is 12.1. The maximum atomic E-state index is 3.34. The highest BCUT2D eigenvalue weighted by Gasteiger charge is 1.97. The summed E-state index contributed by atoms with van der Waals surface area (Å²) in [6.45, 7) is 7.17.